The molecule has 12 heteroatoms. The molecule has 0 fully saturated rings. The van der Waals surface area contributed by atoms with E-state index < -0.39 is 20.0 Å². The number of benzene rings is 2. The van der Waals surface area contributed by atoms with Crippen molar-refractivity contribution >= 4 is 43.1 Å². The molecule has 0 saturated heterocycles. The summed E-state index contributed by atoms with van der Waals surface area (Å²) in [7, 11) is -5.81. The summed E-state index contributed by atoms with van der Waals surface area (Å²) in [4.78, 5) is 8.53. The number of nitrogens with zero attached hydrogens (tertiary/aromatic N) is 2. The molecule has 10 nitrogen and oxygen atoms in total. The molecular weight excluding hydrogens is 440 g/mol. The van der Waals surface area contributed by atoms with E-state index >= 15 is 0 Å². The molecule has 0 aliphatic rings. The molecule has 0 unspecified atom stereocenters. The second-order valence-corrected chi connectivity index (χ2v) is 9.96. The third-order valence-electron chi connectivity index (χ3n) is 4.10. The number of aromatic nitrogens is 2. The van der Waals surface area contributed by atoms with Crippen LogP contribution in [0.3, 0.4) is 0 Å². The van der Waals surface area contributed by atoms with Crippen LogP contribution in [0.2, 0.25) is 0 Å². The highest BCUT2D eigenvalue weighted by Crippen LogP contribution is 2.22. The molecule has 0 atom stereocenters. The van der Waals surface area contributed by atoms with Crippen molar-refractivity contribution in [2.24, 2.45) is 0 Å². The van der Waals surface area contributed by atoms with E-state index in [1.54, 1.807) is 37.3 Å². The Morgan fingerprint density at radius 1 is 0.774 bits per heavy atom. The molecule has 0 bridgehead atoms. The van der Waals surface area contributed by atoms with Crippen molar-refractivity contribution in [3.8, 4) is 0 Å². The molecule has 1 heterocycles. The van der Waals surface area contributed by atoms with Crippen LogP contribution in [0.4, 0.5) is 23.0 Å². The zero-order valence-electron chi connectivity index (χ0n) is 16.8. The molecule has 0 spiro atoms. The van der Waals surface area contributed by atoms with Crippen LogP contribution in [0.5, 0.6) is 0 Å². The highest BCUT2D eigenvalue weighted by atomic mass is 32.2. The van der Waals surface area contributed by atoms with Gasteiger partial charge < -0.3 is 10.6 Å². The Hall–Kier alpha value is -3.06. The molecule has 3 rings (SSSR count). The smallest absolute Gasteiger partial charge is 0.240 e. The Morgan fingerprint density at radius 3 is 1.77 bits per heavy atom. The Labute approximate surface area is 181 Å². The lowest BCUT2D eigenvalue weighted by Gasteiger charge is -2.11. The first kappa shape index (κ1) is 22.6. The summed E-state index contributed by atoms with van der Waals surface area (Å²) in [5.74, 6) is 0.849. The van der Waals surface area contributed by atoms with Gasteiger partial charge in [-0.2, -0.15) is 0 Å². The van der Waals surface area contributed by atoms with Crippen molar-refractivity contribution in [2.45, 2.75) is 16.7 Å². The fraction of sp³-hybridized carbons (Fsp3) is 0.158. The summed E-state index contributed by atoms with van der Waals surface area (Å²) in [6.07, 6.45) is 1.33. The van der Waals surface area contributed by atoms with E-state index in [1.807, 2.05) is 0 Å². The summed E-state index contributed by atoms with van der Waals surface area (Å²) >= 11 is 0. The van der Waals surface area contributed by atoms with Gasteiger partial charge in [-0.25, -0.2) is 36.2 Å². The molecule has 1 aromatic heterocycles. The van der Waals surface area contributed by atoms with Gasteiger partial charge in [-0.1, -0.05) is 19.1 Å². The van der Waals surface area contributed by atoms with Crippen LogP contribution in [0, 0.1) is 0 Å². The lowest BCUT2D eigenvalue weighted by Crippen LogP contribution is -2.23. The predicted octanol–water partition coefficient (Wildman–Crippen LogP) is 2.17. The Morgan fingerprint density at radius 2 is 1.29 bits per heavy atom. The minimum atomic E-state index is -3.58. The molecule has 31 heavy (non-hydrogen) atoms. The summed E-state index contributed by atoms with van der Waals surface area (Å²) in [6.45, 7) is 2.00. The Balaban J connectivity index is 1.80. The van der Waals surface area contributed by atoms with Crippen molar-refractivity contribution < 1.29 is 16.8 Å². The first-order valence-electron chi connectivity index (χ1n) is 9.23. The maximum absolute atomic E-state index is 12.2. The van der Waals surface area contributed by atoms with Gasteiger partial charge in [0, 0.05) is 24.0 Å². The van der Waals surface area contributed by atoms with Crippen molar-refractivity contribution in [1.29, 1.82) is 0 Å². The summed E-state index contributed by atoms with van der Waals surface area (Å²) < 4.78 is 53.1. The van der Waals surface area contributed by atoms with Crippen molar-refractivity contribution in [1.82, 2.24) is 19.4 Å². The van der Waals surface area contributed by atoms with Gasteiger partial charge in [0.25, 0.3) is 0 Å². The van der Waals surface area contributed by atoms with Crippen LogP contribution in [0.1, 0.15) is 6.92 Å². The molecular formula is C19H22N6O4S2. The molecule has 0 radical (unpaired) electrons. The second-order valence-electron chi connectivity index (χ2n) is 6.30. The van der Waals surface area contributed by atoms with Gasteiger partial charge in [-0.15, -0.1) is 0 Å². The molecule has 0 aliphatic heterocycles. The third-order valence-corrected chi connectivity index (χ3v) is 7.06. The quantitative estimate of drug-likeness (QED) is 0.379. The summed E-state index contributed by atoms with van der Waals surface area (Å²) in [5, 5.41) is 6.07. The summed E-state index contributed by atoms with van der Waals surface area (Å²) in [5.41, 5.74) is 1.06. The largest absolute Gasteiger partial charge is 0.340 e. The fourth-order valence-corrected chi connectivity index (χ4v) is 4.53. The highest BCUT2D eigenvalue weighted by molar-refractivity contribution is 7.89. The van der Waals surface area contributed by atoms with Crippen LogP contribution in [-0.4, -0.2) is 40.4 Å². The fourth-order valence-electron chi connectivity index (χ4n) is 2.66. The predicted molar refractivity (Wildman–Crippen MR) is 119 cm³/mol. The van der Waals surface area contributed by atoms with E-state index in [0.29, 0.717) is 23.0 Å². The first-order chi connectivity index (χ1) is 14.7. The van der Waals surface area contributed by atoms with E-state index in [-0.39, 0.29) is 16.3 Å². The van der Waals surface area contributed by atoms with E-state index in [4.69, 9.17) is 0 Å². The Kier molecular flexibility index (Phi) is 6.85. The number of nitrogens with one attached hydrogen (secondary N) is 4. The maximum Gasteiger partial charge on any atom is 0.240 e. The second kappa shape index (κ2) is 9.39. The van der Waals surface area contributed by atoms with E-state index in [9.17, 15) is 16.8 Å². The van der Waals surface area contributed by atoms with Crippen LogP contribution < -0.4 is 20.1 Å². The maximum atomic E-state index is 12.2. The summed E-state index contributed by atoms with van der Waals surface area (Å²) in [6, 6.07) is 14.2. The highest BCUT2D eigenvalue weighted by Gasteiger charge is 2.14. The minimum Gasteiger partial charge on any atom is -0.340 e. The van der Waals surface area contributed by atoms with Gasteiger partial charge in [0.2, 0.25) is 20.0 Å². The van der Waals surface area contributed by atoms with Crippen molar-refractivity contribution in [3.05, 3.63) is 60.9 Å². The van der Waals surface area contributed by atoms with E-state index in [2.05, 4.69) is 30.0 Å². The number of hydrogen-bond donors (Lipinski definition) is 4. The monoisotopic (exact) mass is 462 g/mol. The number of anilines is 4. The lowest BCUT2D eigenvalue weighted by atomic mass is 10.3. The zero-order chi connectivity index (χ0) is 22.5. The normalized spacial score (nSPS) is 11.8. The van der Waals surface area contributed by atoms with Crippen LogP contribution in [0.25, 0.3) is 0 Å². The van der Waals surface area contributed by atoms with Crippen LogP contribution in [-0.2, 0) is 20.0 Å². The first-order valence-corrected chi connectivity index (χ1v) is 12.2. The van der Waals surface area contributed by atoms with Gasteiger partial charge in [0.15, 0.2) is 0 Å². The molecule has 2 aromatic carbocycles. The average Bonchev–Trinajstić information content (AvgIpc) is 2.74. The molecule has 0 saturated carbocycles. The topological polar surface area (TPSA) is 142 Å². The van der Waals surface area contributed by atoms with Crippen molar-refractivity contribution in [3.63, 3.8) is 0 Å². The SMILES string of the molecule is CCNS(=O)(=O)c1cccc(Nc2cc(Nc3cccc(S(=O)(=O)NC)c3)ncn2)c1. The molecule has 164 valence electrons. The number of sulfonamides is 2. The van der Waals surface area contributed by atoms with Gasteiger partial charge in [-0.05, 0) is 43.4 Å². The average molecular weight is 463 g/mol. The Bertz CT molecular complexity index is 1280. The molecule has 0 aliphatic carbocycles. The molecule has 4 N–H and O–H groups in total. The van der Waals surface area contributed by atoms with Crippen molar-refractivity contribution in [2.75, 3.05) is 24.2 Å². The number of rotatable bonds is 9. The van der Waals surface area contributed by atoms with Crippen LogP contribution in [0.15, 0.2) is 70.7 Å². The van der Waals surface area contributed by atoms with E-state index in [0.717, 1.165) is 0 Å². The third kappa shape index (κ3) is 5.76. The lowest BCUT2D eigenvalue weighted by molar-refractivity contribution is 0.583. The molecule has 0 amide bonds. The van der Waals surface area contributed by atoms with Gasteiger partial charge in [-0.3, -0.25) is 0 Å². The van der Waals surface area contributed by atoms with Gasteiger partial charge in [0.05, 0.1) is 9.79 Å². The minimum absolute atomic E-state index is 0.117. The standard InChI is InChI=1S/C19H22N6O4S2/c1-3-23-31(28,29)17-9-5-7-15(11-17)25-19-12-18(21-13-22-19)24-14-6-4-8-16(10-14)30(26,27)20-2/h4-13,20,23H,3H2,1-2H3,(H2,21,22,24,25). The zero-order valence-corrected chi connectivity index (χ0v) is 18.5. The molecule has 3 aromatic rings. The van der Waals surface area contributed by atoms with E-state index in [1.165, 1.54) is 37.6 Å². The van der Waals surface area contributed by atoms with Gasteiger partial charge in [0.1, 0.15) is 18.0 Å². The number of hydrogen-bond acceptors (Lipinski definition) is 8. The van der Waals surface area contributed by atoms with Gasteiger partial charge >= 0.3 is 0 Å². The van der Waals surface area contributed by atoms with Crippen LogP contribution >= 0.6 is 0 Å².